The Bertz CT molecular complexity index is 1180. The molecule has 1 N–H and O–H groups in total. The van der Waals surface area contributed by atoms with Crippen LogP contribution in [0.5, 0.6) is 5.75 Å². The number of carbonyl (C=O) groups excluding carboxylic acids is 1. The van der Waals surface area contributed by atoms with E-state index < -0.39 is 0 Å². The van der Waals surface area contributed by atoms with Crippen LogP contribution in [0.15, 0.2) is 73.1 Å². The topological polar surface area (TPSA) is 80.2 Å². The fourth-order valence-corrected chi connectivity index (χ4v) is 3.32. The maximum atomic E-state index is 12.8. The van der Waals surface area contributed by atoms with Crippen molar-refractivity contribution in [3.63, 3.8) is 0 Å². The molecule has 0 bridgehead atoms. The average Bonchev–Trinajstić information content (AvgIpc) is 2.83. The highest BCUT2D eigenvalue weighted by molar-refractivity contribution is 5.97. The van der Waals surface area contributed by atoms with Crippen LogP contribution in [-0.4, -0.2) is 41.1 Å². The average molecular weight is 413 g/mol. The molecule has 0 saturated carbocycles. The van der Waals surface area contributed by atoms with Gasteiger partial charge in [0.05, 0.1) is 19.2 Å². The van der Waals surface area contributed by atoms with Gasteiger partial charge in [0.1, 0.15) is 11.6 Å². The fraction of sp³-hybridized carbons (Fsp3) is 0.167. The summed E-state index contributed by atoms with van der Waals surface area (Å²) >= 11 is 0. The highest BCUT2D eigenvalue weighted by Gasteiger charge is 2.17. The van der Waals surface area contributed by atoms with E-state index in [2.05, 4.69) is 10.3 Å². The molecule has 4 rings (SSSR count). The molecular formula is C24H23N5O2. The van der Waals surface area contributed by atoms with Gasteiger partial charge in [-0.1, -0.05) is 12.1 Å². The number of fused-ring (bicyclic) bond motifs is 1. The summed E-state index contributed by atoms with van der Waals surface area (Å²) in [6.07, 6.45) is 3.43. The van der Waals surface area contributed by atoms with Crippen molar-refractivity contribution < 1.29 is 9.53 Å². The van der Waals surface area contributed by atoms with Crippen molar-refractivity contribution in [1.29, 1.82) is 0 Å². The molecule has 0 saturated heterocycles. The number of nitrogens with zero attached hydrogens (tertiary/aromatic N) is 4. The monoisotopic (exact) mass is 413 g/mol. The normalized spacial score (nSPS) is 10.6. The second-order valence-electron chi connectivity index (χ2n) is 6.91. The van der Waals surface area contributed by atoms with Crippen molar-refractivity contribution in [3.8, 4) is 17.1 Å². The van der Waals surface area contributed by atoms with Crippen LogP contribution in [-0.2, 0) is 4.79 Å². The number of amides is 1. The molecule has 156 valence electrons. The van der Waals surface area contributed by atoms with Gasteiger partial charge in [-0.15, -0.1) is 0 Å². The van der Waals surface area contributed by atoms with Gasteiger partial charge in [-0.25, -0.2) is 9.97 Å². The Morgan fingerprint density at radius 2 is 1.74 bits per heavy atom. The van der Waals surface area contributed by atoms with Crippen LogP contribution >= 0.6 is 0 Å². The number of ether oxygens (including phenoxy) is 1. The van der Waals surface area contributed by atoms with Gasteiger partial charge in [-0.05, 0) is 55.5 Å². The Labute approximate surface area is 180 Å². The van der Waals surface area contributed by atoms with Gasteiger partial charge in [0.2, 0.25) is 5.91 Å². The molecule has 2 aromatic carbocycles. The second kappa shape index (κ2) is 9.21. The van der Waals surface area contributed by atoms with E-state index in [0.29, 0.717) is 18.1 Å². The number of carbonyl (C=O) groups is 1. The molecule has 2 heterocycles. The lowest BCUT2D eigenvalue weighted by molar-refractivity contribution is -0.115. The molecule has 0 atom stereocenters. The first-order valence-electron chi connectivity index (χ1n) is 10.0. The van der Waals surface area contributed by atoms with E-state index in [4.69, 9.17) is 14.7 Å². The smallest absolute Gasteiger partial charge is 0.243 e. The molecule has 0 fully saturated rings. The molecule has 2 aromatic heterocycles. The number of nitrogens with one attached hydrogen (secondary N) is 1. The zero-order valence-corrected chi connectivity index (χ0v) is 17.4. The number of benzene rings is 2. The first kappa shape index (κ1) is 20.3. The third-order valence-electron chi connectivity index (χ3n) is 4.91. The fourth-order valence-electron chi connectivity index (χ4n) is 3.32. The summed E-state index contributed by atoms with van der Waals surface area (Å²) in [5.41, 5.74) is 2.42. The van der Waals surface area contributed by atoms with E-state index in [9.17, 15) is 4.79 Å². The third-order valence-corrected chi connectivity index (χ3v) is 4.91. The van der Waals surface area contributed by atoms with Crippen molar-refractivity contribution in [2.45, 2.75) is 6.92 Å². The van der Waals surface area contributed by atoms with E-state index in [-0.39, 0.29) is 12.5 Å². The summed E-state index contributed by atoms with van der Waals surface area (Å²) in [6, 6.07) is 18.8. The number of rotatable bonds is 7. The lowest BCUT2D eigenvalue weighted by atomic mass is 10.2. The Morgan fingerprint density at radius 1 is 1.00 bits per heavy atom. The van der Waals surface area contributed by atoms with Crippen LogP contribution in [0, 0.1) is 0 Å². The minimum absolute atomic E-state index is 0.125. The van der Waals surface area contributed by atoms with Gasteiger partial charge in [0.15, 0.2) is 5.82 Å². The van der Waals surface area contributed by atoms with Crippen LogP contribution in [0.25, 0.3) is 22.3 Å². The number of likely N-dealkylation sites (N-methyl/N-ethyl adjacent to an activating group) is 1. The number of methoxy groups -OCH3 is 1. The van der Waals surface area contributed by atoms with Gasteiger partial charge >= 0.3 is 0 Å². The number of hydrogen-bond donors (Lipinski definition) is 1. The highest BCUT2D eigenvalue weighted by atomic mass is 16.5. The maximum Gasteiger partial charge on any atom is 0.243 e. The lowest BCUT2D eigenvalue weighted by Gasteiger charge is -2.23. The first-order chi connectivity index (χ1) is 15.2. The van der Waals surface area contributed by atoms with Gasteiger partial charge in [0.25, 0.3) is 0 Å². The minimum atomic E-state index is -0.125. The van der Waals surface area contributed by atoms with E-state index >= 15 is 0 Å². The van der Waals surface area contributed by atoms with Crippen molar-refractivity contribution in [2.24, 2.45) is 0 Å². The summed E-state index contributed by atoms with van der Waals surface area (Å²) in [4.78, 5) is 28.3. The van der Waals surface area contributed by atoms with Crippen molar-refractivity contribution in [3.05, 3.63) is 73.1 Å². The zero-order valence-electron chi connectivity index (χ0n) is 17.4. The van der Waals surface area contributed by atoms with Crippen LogP contribution in [0.4, 0.5) is 11.5 Å². The van der Waals surface area contributed by atoms with Crippen molar-refractivity contribution >= 4 is 28.3 Å². The number of anilines is 2. The molecule has 0 aliphatic heterocycles. The van der Waals surface area contributed by atoms with E-state index in [1.807, 2.05) is 72.5 Å². The number of para-hydroxylation sites is 1. The lowest BCUT2D eigenvalue weighted by Crippen LogP contribution is -2.34. The molecule has 0 radical (unpaired) electrons. The van der Waals surface area contributed by atoms with E-state index in [1.165, 1.54) is 0 Å². The van der Waals surface area contributed by atoms with E-state index in [1.54, 1.807) is 19.5 Å². The van der Waals surface area contributed by atoms with Gasteiger partial charge in [-0.3, -0.25) is 9.78 Å². The Morgan fingerprint density at radius 3 is 2.45 bits per heavy atom. The summed E-state index contributed by atoms with van der Waals surface area (Å²) in [5.74, 6) is 1.94. The number of aromatic nitrogens is 3. The first-order valence-corrected chi connectivity index (χ1v) is 10.0. The SMILES string of the molecule is CCN(CC(=O)Nc1ccc(OC)cc1)c1nc(-c2ccncc2)nc2ccccc12. The molecule has 7 nitrogen and oxygen atoms in total. The van der Waals surface area contributed by atoms with Gasteiger partial charge in [-0.2, -0.15) is 0 Å². The van der Waals surface area contributed by atoms with Gasteiger partial charge in [0, 0.05) is 35.6 Å². The molecule has 0 unspecified atom stereocenters. The molecule has 7 heteroatoms. The number of hydrogen-bond acceptors (Lipinski definition) is 6. The molecule has 1 amide bonds. The quantitative estimate of drug-likeness (QED) is 0.490. The summed E-state index contributed by atoms with van der Waals surface area (Å²) in [7, 11) is 1.61. The molecule has 0 aliphatic rings. The predicted molar refractivity (Wildman–Crippen MR) is 122 cm³/mol. The largest absolute Gasteiger partial charge is 0.497 e. The predicted octanol–water partition coefficient (Wildman–Crippen LogP) is 4.17. The molecule has 0 spiro atoms. The molecule has 4 aromatic rings. The number of pyridine rings is 1. The summed E-state index contributed by atoms with van der Waals surface area (Å²) in [5, 5.41) is 3.84. The third kappa shape index (κ3) is 4.61. The van der Waals surface area contributed by atoms with Crippen LogP contribution in [0.3, 0.4) is 0 Å². The van der Waals surface area contributed by atoms with Crippen molar-refractivity contribution in [2.75, 3.05) is 30.4 Å². The Hall–Kier alpha value is -4.00. The standard InChI is InChI=1S/C24H23N5O2/c1-3-29(16-22(30)26-18-8-10-19(31-2)11-9-18)24-20-6-4-5-7-21(20)27-23(28-24)17-12-14-25-15-13-17/h4-15H,3,16H2,1-2H3,(H,26,30). The Kier molecular flexibility index (Phi) is 6.03. The minimum Gasteiger partial charge on any atom is -0.497 e. The molecule has 0 aliphatic carbocycles. The van der Waals surface area contributed by atoms with Crippen molar-refractivity contribution in [1.82, 2.24) is 15.0 Å². The van der Waals surface area contributed by atoms with Gasteiger partial charge < -0.3 is 15.0 Å². The van der Waals surface area contributed by atoms with Crippen LogP contribution in [0.2, 0.25) is 0 Å². The highest BCUT2D eigenvalue weighted by Crippen LogP contribution is 2.27. The van der Waals surface area contributed by atoms with Crippen LogP contribution < -0.4 is 15.0 Å². The van der Waals surface area contributed by atoms with Crippen LogP contribution in [0.1, 0.15) is 6.92 Å². The Balaban J connectivity index is 1.63. The second-order valence-corrected chi connectivity index (χ2v) is 6.91. The molecular weight excluding hydrogens is 390 g/mol. The van der Waals surface area contributed by atoms with E-state index in [0.717, 1.165) is 28.0 Å². The maximum absolute atomic E-state index is 12.8. The summed E-state index contributed by atoms with van der Waals surface area (Å²) in [6.45, 7) is 2.79. The summed E-state index contributed by atoms with van der Waals surface area (Å²) < 4.78 is 5.16. The zero-order chi connectivity index (χ0) is 21.6. The molecule has 31 heavy (non-hydrogen) atoms.